The molecule has 0 atom stereocenters. The number of pyridine rings is 1. The van der Waals surface area contributed by atoms with Crippen molar-refractivity contribution >= 4 is 11.8 Å². The fourth-order valence-corrected chi connectivity index (χ4v) is 1.71. The number of para-hydroxylation sites is 1. The van der Waals surface area contributed by atoms with Crippen LogP contribution < -0.4 is 15.4 Å². The van der Waals surface area contributed by atoms with E-state index in [4.69, 9.17) is 4.74 Å². The lowest BCUT2D eigenvalue weighted by atomic mass is 10.2. The fourth-order valence-electron chi connectivity index (χ4n) is 1.71. The van der Waals surface area contributed by atoms with Crippen LogP contribution in [0.5, 0.6) is 11.6 Å². The van der Waals surface area contributed by atoms with E-state index in [-0.39, 0.29) is 24.9 Å². The smallest absolute Gasteiger partial charge is 0.239 e. The van der Waals surface area contributed by atoms with Crippen LogP contribution in [-0.2, 0) is 16.1 Å². The van der Waals surface area contributed by atoms with Crippen molar-refractivity contribution in [2.45, 2.75) is 13.5 Å². The Morgan fingerprint density at radius 2 is 1.86 bits per heavy atom. The van der Waals surface area contributed by atoms with Gasteiger partial charge in [-0.2, -0.15) is 0 Å². The second kappa shape index (κ2) is 7.78. The summed E-state index contributed by atoms with van der Waals surface area (Å²) < 4.78 is 5.71. The number of carbonyl (C=O) groups excluding carboxylic acids is 2. The van der Waals surface area contributed by atoms with E-state index in [1.165, 1.54) is 6.92 Å². The van der Waals surface area contributed by atoms with Crippen molar-refractivity contribution in [3.63, 3.8) is 0 Å². The third-order valence-corrected chi connectivity index (χ3v) is 2.78. The maximum atomic E-state index is 11.6. The lowest BCUT2D eigenvalue weighted by Gasteiger charge is -2.11. The Labute approximate surface area is 128 Å². The third kappa shape index (κ3) is 4.90. The molecule has 0 aliphatic heterocycles. The van der Waals surface area contributed by atoms with Gasteiger partial charge in [-0.1, -0.05) is 24.3 Å². The molecule has 1 heterocycles. The highest BCUT2D eigenvalue weighted by atomic mass is 16.5. The highest BCUT2D eigenvalue weighted by Gasteiger charge is 2.08. The predicted molar refractivity (Wildman–Crippen MR) is 81.3 cm³/mol. The van der Waals surface area contributed by atoms with Gasteiger partial charge >= 0.3 is 0 Å². The number of nitrogens with one attached hydrogen (secondary N) is 2. The Morgan fingerprint density at radius 3 is 2.59 bits per heavy atom. The molecule has 2 rings (SSSR count). The molecule has 0 aliphatic rings. The van der Waals surface area contributed by atoms with E-state index in [1.807, 2.05) is 36.4 Å². The normalized spacial score (nSPS) is 9.86. The van der Waals surface area contributed by atoms with Gasteiger partial charge in [0.2, 0.25) is 17.7 Å². The van der Waals surface area contributed by atoms with E-state index in [2.05, 4.69) is 15.6 Å². The van der Waals surface area contributed by atoms with Crippen LogP contribution in [-0.4, -0.2) is 23.3 Å². The maximum Gasteiger partial charge on any atom is 0.239 e. The van der Waals surface area contributed by atoms with Gasteiger partial charge in [-0.15, -0.1) is 0 Å². The summed E-state index contributed by atoms with van der Waals surface area (Å²) in [6.45, 7) is 1.58. The fraction of sp³-hybridized carbons (Fsp3) is 0.188. The molecule has 6 heteroatoms. The second-order valence-electron chi connectivity index (χ2n) is 4.57. The molecular formula is C16H17N3O3. The summed E-state index contributed by atoms with van der Waals surface area (Å²) in [4.78, 5) is 26.5. The summed E-state index contributed by atoms with van der Waals surface area (Å²) >= 11 is 0. The van der Waals surface area contributed by atoms with Crippen LogP contribution in [0.3, 0.4) is 0 Å². The minimum atomic E-state index is -0.273. The first kappa shape index (κ1) is 15.5. The summed E-state index contributed by atoms with van der Waals surface area (Å²) in [5, 5.41) is 5.14. The average molecular weight is 299 g/mol. The van der Waals surface area contributed by atoms with Crippen LogP contribution in [0.1, 0.15) is 12.5 Å². The lowest BCUT2D eigenvalue weighted by Crippen LogP contribution is -2.35. The molecule has 0 fully saturated rings. The molecule has 1 aromatic carbocycles. The standard InChI is InChI=1S/C16H17N3O3/c1-12(20)18-11-15(21)19-10-13-6-5-9-17-16(13)22-14-7-3-2-4-8-14/h2-9H,10-11H2,1H3,(H,18,20)(H,19,21). The number of benzene rings is 1. The lowest BCUT2D eigenvalue weighted by molar-refractivity contribution is -0.125. The topological polar surface area (TPSA) is 80.3 Å². The number of amides is 2. The summed E-state index contributed by atoms with van der Waals surface area (Å²) in [6.07, 6.45) is 1.63. The van der Waals surface area contributed by atoms with Crippen LogP contribution in [0.25, 0.3) is 0 Å². The Morgan fingerprint density at radius 1 is 1.09 bits per heavy atom. The van der Waals surface area contributed by atoms with E-state index >= 15 is 0 Å². The summed E-state index contributed by atoms with van der Waals surface area (Å²) in [5.41, 5.74) is 0.752. The number of hydrogen-bond acceptors (Lipinski definition) is 4. The molecule has 0 saturated carbocycles. The number of carbonyl (C=O) groups is 2. The summed E-state index contributed by atoms with van der Waals surface area (Å²) in [6, 6.07) is 12.9. The van der Waals surface area contributed by atoms with Crippen LogP contribution in [0.4, 0.5) is 0 Å². The van der Waals surface area contributed by atoms with Gasteiger partial charge in [0, 0.05) is 25.2 Å². The van der Waals surface area contributed by atoms with Crippen molar-refractivity contribution < 1.29 is 14.3 Å². The third-order valence-electron chi connectivity index (χ3n) is 2.78. The van der Waals surface area contributed by atoms with Gasteiger partial charge in [0.1, 0.15) is 5.75 Å². The largest absolute Gasteiger partial charge is 0.439 e. The van der Waals surface area contributed by atoms with E-state index in [0.717, 1.165) is 5.56 Å². The van der Waals surface area contributed by atoms with Crippen molar-refractivity contribution in [2.75, 3.05) is 6.54 Å². The number of hydrogen-bond donors (Lipinski definition) is 2. The molecule has 0 saturated heterocycles. The number of aromatic nitrogens is 1. The number of nitrogens with zero attached hydrogens (tertiary/aromatic N) is 1. The van der Waals surface area contributed by atoms with Crippen molar-refractivity contribution in [1.82, 2.24) is 15.6 Å². The number of ether oxygens (including phenoxy) is 1. The molecule has 6 nitrogen and oxygen atoms in total. The molecule has 0 radical (unpaired) electrons. The van der Waals surface area contributed by atoms with Crippen molar-refractivity contribution in [3.8, 4) is 11.6 Å². The second-order valence-corrected chi connectivity index (χ2v) is 4.57. The molecule has 0 unspecified atom stereocenters. The van der Waals surface area contributed by atoms with Crippen LogP contribution >= 0.6 is 0 Å². The molecule has 0 aliphatic carbocycles. The average Bonchev–Trinajstić information content (AvgIpc) is 2.53. The summed E-state index contributed by atoms with van der Waals surface area (Å²) in [5.74, 6) is 0.592. The highest BCUT2D eigenvalue weighted by molar-refractivity contribution is 5.83. The molecular weight excluding hydrogens is 282 g/mol. The zero-order valence-electron chi connectivity index (χ0n) is 12.2. The Hall–Kier alpha value is -2.89. The Kier molecular flexibility index (Phi) is 5.48. The molecule has 2 amide bonds. The van der Waals surface area contributed by atoms with E-state index in [9.17, 15) is 9.59 Å². The first-order valence-electron chi connectivity index (χ1n) is 6.83. The molecule has 22 heavy (non-hydrogen) atoms. The van der Waals surface area contributed by atoms with Crippen LogP contribution in [0.2, 0.25) is 0 Å². The molecule has 0 spiro atoms. The van der Waals surface area contributed by atoms with Gasteiger partial charge < -0.3 is 15.4 Å². The minimum Gasteiger partial charge on any atom is -0.439 e. The van der Waals surface area contributed by atoms with Crippen molar-refractivity contribution in [2.24, 2.45) is 0 Å². The van der Waals surface area contributed by atoms with Gasteiger partial charge in [0.05, 0.1) is 6.54 Å². The molecule has 0 bridgehead atoms. The van der Waals surface area contributed by atoms with E-state index < -0.39 is 0 Å². The predicted octanol–water partition coefficient (Wildman–Crippen LogP) is 1.63. The highest BCUT2D eigenvalue weighted by Crippen LogP contribution is 2.22. The maximum absolute atomic E-state index is 11.6. The van der Waals surface area contributed by atoms with Gasteiger partial charge in [0.25, 0.3) is 0 Å². The molecule has 2 aromatic rings. The van der Waals surface area contributed by atoms with Gasteiger partial charge in [0.15, 0.2) is 0 Å². The first-order chi connectivity index (χ1) is 10.6. The van der Waals surface area contributed by atoms with Gasteiger partial charge in [-0.3, -0.25) is 9.59 Å². The summed E-state index contributed by atoms with van der Waals surface area (Å²) in [7, 11) is 0. The molecule has 114 valence electrons. The molecule has 1 aromatic heterocycles. The minimum absolute atomic E-state index is 0.0511. The first-order valence-corrected chi connectivity index (χ1v) is 6.83. The quantitative estimate of drug-likeness (QED) is 0.849. The monoisotopic (exact) mass is 299 g/mol. The Bertz CT molecular complexity index is 644. The Balaban J connectivity index is 1.96. The van der Waals surface area contributed by atoms with Gasteiger partial charge in [-0.25, -0.2) is 4.98 Å². The zero-order valence-corrected chi connectivity index (χ0v) is 12.2. The zero-order chi connectivity index (χ0) is 15.8. The van der Waals surface area contributed by atoms with Gasteiger partial charge in [-0.05, 0) is 18.2 Å². The van der Waals surface area contributed by atoms with Crippen molar-refractivity contribution in [3.05, 3.63) is 54.2 Å². The van der Waals surface area contributed by atoms with E-state index in [1.54, 1.807) is 12.3 Å². The van der Waals surface area contributed by atoms with Crippen LogP contribution in [0, 0.1) is 0 Å². The van der Waals surface area contributed by atoms with E-state index in [0.29, 0.717) is 11.6 Å². The number of rotatable bonds is 6. The van der Waals surface area contributed by atoms with Crippen molar-refractivity contribution in [1.29, 1.82) is 0 Å². The SMILES string of the molecule is CC(=O)NCC(=O)NCc1cccnc1Oc1ccccc1. The van der Waals surface area contributed by atoms with Crippen LogP contribution in [0.15, 0.2) is 48.7 Å². The molecule has 2 N–H and O–H groups in total.